The molecule has 1 N–H and O–H groups in total. The van der Waals surface area contributed by atoms with Crippen molar-refractivity contribution in [1.82, 2.24) is 9.88 Å². The number of carbonyl (C=O) groups excluding carboxylic acids is 3. The number of hydrogen-bond donors (Lipinski definition) is 1. The number of nitrogens with zero attached hydrogens (tertiary/aromatic N) is 1. The van der Waals surface area contributed by atoms with E-state index in [0.29, 0.717) is 11.3 Å². The Kier molecular flexibility index (Phi) is 4.60. The Morgan fingerprint density at radius 1 is 1.23 bits per heavy atom. The number of hydrogen-bond acceptors (Lipinski definition) is 4. The first kappa shape index (κ1) is 15.8. The molecule has 22 heavy (non-hydrogen) atoms. The van der Waals surface area contributed by atoms with Crippen molar-refractivity contribution >= 4 is 28.6 Å². The van der Waals surface area contributed by atoms with Crippen LogP contribution in [0, 0.1) is 6.92 Å². The Morgan fingerprint density at radius 2 is 1.91 bits per heavy atom. The van der Waals surface area contributed by atoms with Gasteiger partial charge in [0.1, 0.15) is 6.54 Å². The van der Waals surface area contributed by atoms with E-state index in [1.54, 1.807) is 19.9 Å². The van der Waals surface area contributed by atoms with Crippen LogP contribution in [0.5, 0.6) is 0 Å². The summed E-state index contributed by atoms with van der Waals surface area (Å²) in [6.45, 7) is 3.36. The van der Waals surface area contributed by atoms with Crippen molar-refractivity contribution in [2.75, 3.05) is 13.2 Å². The molecule has 1 aromatic heterocycles. The number of benzene rings is 1. The molecule has 116 valence electrons. The molecule has 6 nitrogen and oxygen atoms in total. The first-order valence-corrected chi connectivity index (χ1v) is 6.99. The smallest absolute Gasteiger partial charge is 0.325 e. The lowest BCUT2D eigenvalue weighted by molar-refractivity contribution is -0.143. The third kappa shape index (κ3) is 2.86. The molecule has 0 saturated carbocycles. The van der Waals surface area contributed by atoms with Gasteiger partial charge in [0.25, 0.3) is 11.7 Å². The molecule has 1 aromatic carbocycles. The lowest BCUT2D eigenvalue weighted by Crippen LogP contribution is -2.36. The van der Waals surface area contributed by atoms with E-state index < -0.39 is 17.7 Å². The van der Waals surface area contributed by atoms with E-state index in [4.69, 9.17) is 4.74 Å². The van der Waals surface area contributed by atoms with Gasteiger partial charge in [-0.15, -0.1) is 0 Å². The average Bonchev–Trinajstić information content (AvgIpc) is 2.76. The first-order chi connectivity index (χ1) is 10.5. The molecule has 0 aliphatic heterocycles. The zero-order chi connectivity index (χ0) is 16.3. The van der Waals surface area contributed by atoms with Crippen LogP contribution in [0.2, 0.25) is 0 Å². The minimum atomic E-state index is -0.812. The second-order valence-corrected chi connectivity index (χ2v) is 4.85. The predicted octanol–water partition coefficient (Wildman–Crippen LogP) is 1.35. The van der Waals surface area contributed by atoms with Crippen LogP contribution in [0.1, 0.15) is 23.0 Å². The third-order valence-electron chi connectivity index (χ3n) is 3.53. The maximum Gasteiger partial charge on any atom is 0.325 e. The van der Waals surface area contributed by atoms with Crippen LogP contribution in [0.25, 0.3) is 10.9 Å². The van der Waals surface area contributed by atoms with Gasteiger partial charge in [-0.3, -0.25) is 14.4 Å². The summed E-state index contributed by atoms with van der Waals surface area (Å²) in [4.78, 5) is 35.6. The van der Waals surface area contributed by atoms with Crippen LogP contribution in [-0.4, -0.2) is 35.4 Å². The summed E-state index contributed by atoms with van der Waals surface area (Å²) in [5.41, 5.74) is 1.94. The summed E-state index contributed by atoms with van der Waals surface area (Å²) < 4.78 is 6.57. The molecule has 0 aliphatic carbocycles. The molecule has 0 saturated heterocycles. The minimum absolute atomic E-state index is 0.227. The van der Waals surface area contributed by atoms with Gasteiger partial charge < -0.3 is 14.6 Å². The van der Waals surface area contributed by atoms with Gasteiger partial charge in [0.05, 0.1) is 12.2 Å². The molecule has 6 heteroatoms. The number of Topliss-reactive ketones (excluding diaryl/α,β-unsaturated/α-hetero) is 1. The molecule has 0 spiro atoms. The maximum atomic E-state index is 12.4. The van der Waals surface area contributed by atoms with E-state index in [9.17, 15) is 14.4 Å². The zero-order valence-electron chi connectivity index (χ0n) is 12.8. The van der Waals surface area contributed by atoms with Gasteiger partial charge in [-0.25, -0.2) is 0 Å². The van der Waals surface area contributed by atoms with Crippen molar-refractivity contribution in [3.8, 4) is 0 Å². The maximum absolute atomic E-state index is 12.4. The van der Waals surface area contributed by atoms with E-state index in [-0.39, 0.29) is 13.2 Å². The second-order valence-electron chi connectivity index (χ2n) is 4.85. The number of ketones is 1. The van der Waals surface area contributed by atoms with E-state index >= 15 is 0 Å². The quantitative estimate of drug-likeness (QED) is 0.514. The number of fused-ring (bicyclic) bond motifs is 1. The van der Waals surface area contributed by atoms with Crippen molar-refractivity contribution in [3.63, 3.8) is 0 Å². The zero-order valence-corrected chi connectivity index (χ0v) is 12.8. The lowest BCUT2D eigenvalue weighted by Gasteiger charge is -2.05. The SMILES string of the molecule is CCOC(=O)CNC(=O)C(=O)c1c(C)n(C)c2ccccc12. The number of carbonyl (C=O) groups is 3. The largest absolute Gasteiger partial charge is 0.465 e. The van der Waals surface area contributed by atoms with Gasteiger partial charge >= 0.3 is 5.97 Å². The first-order valence-electron chi connectivity index (χ1n) is 6.99. The average molecular weight is 302 g/mol. The predicted molar refractivity (Wildman–Crippen MR) is 81.6 cm³/mol. The van der Waals surface area contributed by atoms with Gasteiger partial charge in [-0.05, 0) is 19.9 Å². The van der Waals surface area contributed by atoms with Crippen molar-refractivity contribution in [2.45, 2.75) is 13.8 Å². The van der Waals surface area contributed by atoms with Crippen LogP contribution in [0.15, 0.2) is 24.3 Å². The van der Waals surface area contributed by atoms with Crippen molar-refractivity contribution in [3.05, 3.63) is 35.5 Å². The van der Waals surface area contributed by atoms with Gasteiger partial charge in [-0.1, -0.05) is 18.2 Å². The van der Waals surface area contributed by atoms with E-state index in [1.165, 1.54) is 0 Å². The van der Waals surface area contributed by atoms with Gasteiger partial charge in [0, 0.05) is 23.6 Å². The fraction of sp³-hybridized carbons (Fsp3) is 0.312. The molecule has 0 aliphatic rings. The summed E-state index contributed by atoms with van der Waals surface area (Å²) >= 11 is 0. The molecular formula is C16H18N2O4. The second kappa shape index (κ2) is 6.43. The number of aryl methyl sites for hydroxylation is 1. The molecule has 0 atom stereocenters. The highest BCUT2D eigenvalue weighted by atomic mass is 16.5. The number of esters is 1. The van der Waals surface area contributed by atoms with Crippen LogP contribution in [0.4, 0.5) is 0 Å². The Morgan fingerprint density at radius 3 is 2.59 bits per heavy atom. The number of para-hydroxylation sites is 1. The van der Waals surface area contributed by atoms with Crippen molar-refractivity contribution in [1.29, 1.82) is 0 Å². The number of rotatable bonds is 5. The van der Waals surface area contributed by atoms with E-state index in [0.717, 1.165) is 10.9 Å². The minimum Gasteiger partial charge on any atom is -0.465 e. The molecular weight excluding hydrogens is 284 g/mol. The highest BCUT2D eigenvalue weighted by Gasteiger charge is 2.24. The molecule has 0 radical (unpaired) electrons. The Labute approximate surface area is 128 Å². The number of amides is 1. The molecule has 2 aromatic rings. The lowest BCUT2D eigenvalue weighted by atomic mass is 10.1. The fourth-order valence-electron chi connectivity index (χ4n) is 2.37. The van der Waals surface area contributed by atoms with Gasteiger partial charge in [-0.2, -0.15) is 0 Å². The Balaban J connectivity index is 2.25. The molecule has 2 rings (SSSR count). The van der Waals surface area contributed by atoms with Crippen LogP contribution >= 0.6 is 0 Å². The van der Waals surface area contributed by atoms with Gasteiger partial charge in [0.2, 0.25) is 0 Å². The highest BCUT2D eigenvalue weighted by Crippen LogP contribution is 2.25. The number of nitrogens with one attached hydrogen (secondary N) is 1. The summed E-state index contributed by atoms with van der Waals surface area (Å²) in [6, 6.07) is 7.37. The topological polar surface area (TPSA) is 77.4 Å². The number of ether oxygens (including phenoxy) is 1. The standard InChI is InChI=1S/C16H18N2O4/c1-4-22-13(19)9-17-16(21)15(20)14-10(2)18(3)12-8-6-5-7-11(12)14/h5-8H,4,9H2,1-3H3,(H,17,21). The normalized spacial score (nSPS) is 10.5. The third-order valence-corrected chi connectivity index (χ3v) is 3.53. The van der Waals surface area contributed by atoms with Gasteiger partial charge in [0.15, 0.2) is 0 Å². The van der Waals surface area contributed by atoms with Crippen molar-refractivity contribution < 1.29 is 19.1 Å². The van der Waals surface area contributed by atoms with Crippen molar-refractivity contribution in [2.24, 2.45) is 7.05 Å². The van der Waals surface area contributed by atoms with E-state index in [2.05, 4.69) is 5.32 Å². The summed E-state index contributed by atoms with van der Waals surface area (Å²) in [5, 5.41) is 3.02. The Bertz CT molecular complexity index is 746. The van der Waals surface area contributed by atoms with Crippen LogP contribution < -0.4 is 5.32 Å². The Hall–Kier alpha value is -2.63. The summed E-state index contributed by atoms with van der Waals surface area (Å²) in [6.07, 6.45) is 0. The number of aromatic nitrogens is 1. The fourth-order valence-corrected chi connectivity index (χ4v) is 2.37. The molecule has 0 bridgehead atoms. The summed E-state index contributed by atoms with van der Waals surface area (Å²) in [7, 11) is 1.84. The summed E-state index contributed by atoms with van der Waals surface area (Å²) in [5.74, 6) is -2.04. The van der Waals surface area contributed by atoms with E-state index in [1.807, 2.05) is 29.8 Å². The van der Waals surface area contributed by atoms with Crippen LogP contribution in [-0.2, 0) is 21.4 Å². The van der Waals surface area contributed by atoms with Crippen LogP contribution in [0.3, 0.4) is 0 Å². The highest BCUT2D eigenvalue weighted by molar-refractivity contribution is 6.45. The monoisotopic (exact) mass is 302 g/mol. The molecule has 0 unspecified atom stereocenters. The molecule has 1 heterocycles. The molecule has 1 amide bonds. The molecule has 0 fully saturated rings.